The van der Waals surface area contributed by atoms with Gasteiger partial charge in [0.15, 0.2) is 5.41 Å². The fourth-order valence-corrected chi connectivity index (χ4v) is 4.97. The molecule has 0 saturated carbocycles. The summed E-state index contributed by atoms with van der Waals surface area (Å²) in [5.41, 5.74) is -1.74. The van der Waals surface area contributed by atoms with Gasteiger partial charge in [-0.05, 0) is 25.7 Å². The van der Waals surface area contributed by atoms with Crippen molar-refractivity contribution >= 4 is 35.7 Å². The van der Waals surface area contributed by atoms with Crippen LogP contribution in [-0.4, -0.2) is 56.1 Å². The van der Waals surface area contributed by atoms with Gasteiger partial charge in [-0.1, -0.05) is 89.9 Å². The molecule has 228 valence electrons. The van der Waals surface area contributed by atoms with Gasteiger partial charge in [0, 0.05) is 25.7 Å². The van der Waals surface area contributed by atoms with Crippen molar-refractivity contribution in [1.82, 2.24) is 5.06 Å². The Kier molecular flexibility index (Phi) is 17.5. The first-order chi connectivity index (χ1) is 19.1. The molecule has 11 nitrogen and oxygen atoms in total. The molecule has 0 bridgehead atoms. The van der Waals surface area contributed by atoms with Crippen LogP contribution in [0.5, 0.6) is 0 Å². The number of carbonyl (C=O) groups excluding carboxylic acids is 3. The molecule has 0 aromatic rings. The molecule has 0 aliphatic carbocycles. The van der Waals surface area contributed by atoms with Crippen LogP contribution in [0.3, 0.4) is 0 Å². The summed E-state index contributed by atoms with van der Waals surface area (Å²) in [6.07, 6.45) is 13.8. The van der Waals surface area contributed by atoms with Gasteiger partial charge in [0.05, 0.1) is 0 Å². The summed E-state index contributed by atoms with van der Waals surface area (Å²) in [5, 5.41) is 28.7. The standard InChI is InChI=1S/C29H47NO10/c31-23-19-20-24(32)30(23)40-26(35)18-14-10-6-2-4-8-12-16-22-29(27(36)37,28(38)39)21-15-11-7-3-1-5-9-13-17-25(33)34/h1-22H2,(H,33,34)(H,36,37)(H,38,39). The number of hydroxylamine groups is 2. The average molecular weight is 570 g/mol. The Hall–Kier alpha value is -2.98. The molecule has 11 heteroatoms. The number of carboxylic acids is 3. The minimum absolute atomic E-state index is 0.0701. The highest BCUT2D eigenvalue weighted by Crippen LogP contribution is 2.33. The third kappa shape index (κ3) is 13.9. The summed E-state index contributed by atoms with van der Waals surface area (Å²) >= 11 is 0. The van der Waals surface area contributed by atoms with Crippen molar-refractivity contribution in [2.45, 2.75) is 141 Å². The normalized spacial score (nSPS) is 13.6. The van der Waals surface area contributed by atoms with Gasteiger partial charge in [-0.15, -0.1) is 5.06 Å². The van der Waals surface area contributed by atoms with Crippen molar-refractivity contribution in [3.8, 4) is 0 Å². The number of hydrogen-bond acceptors (Lipinski definition) is 7. The molecule has 1 aliphatic heterocycles. The van der Waals surface area contributed by atoms with Crippen molar-refractivity contribution in [3.05, 3.63) is 0 Å². The minimum Gasteiger partial charge on any atom is -0.481 e. The quantitative estimate of drug-likeness (QED) is 0.0709. The number of unbranched alkanes of at least 4 members (excludes halogenated alkanes) is 14. The lowest BCUT2D eigenvalue weighted by atomic mass is 9.78. The molecular formula is C29H47NO10. The highest BCUT2D eigenvalue weighted by atomic mass is 16.7. The first kappa shape index (κ1) is 35.0. The van der Waals surface area contributed by atoms with E-state index in [4.69, 9.17) is 9.94 Å². The van der Waals surface area contributed by atoms with Gasteiger partial charge in [-0.25, -0.2) is 4.79 Å². The van der Waals surface area contributed by atoms with E-state index in [2.05, 4.69) is 0 Å². The van der Waals surface area contributed by atoms with Crippen LogP contribution in [0, 0.1) is 5.41 Å². The maximum absolute atomic E-state index is 11.9. The first-order valence-corrected chi connectivity index (χ1v) is 14.9. The van der Waals surface area contributed by atoms with E-state index in [1.54, 1.807) is 0 Å². The van der Waals surface area contributed by atoms with E-state index in [1.165, 1.54) is 0 Å². The minimum atomic E-state index is -1.74. The molecule has 1 fully saturated rings. The predicted molar refractivity (Wildman–Crippen MR) is 145 cm³/mol. The Morgan fingerprint density at radius 1 is 0.575 bits per heavy atom. The zero-order valence-electron chi connectivity index (χ0n) is 23.7. The van der Waals surface area contributed by atoms with Crippen LogP contribution in [0.1, 0.15) is 141 Å². The van der Waals surface area contributed by atoms with Gasteiger partial charge in [-0.3, -0.25) is 24.0 Å². The number of carbonyl (C=O) groups is 6. The molecule has 40 heavy (non-hydrogen) atoms. The highest BCUT2D eigenvalue weighted by molar-refractivity contribution is 6.01. The van der Waals surface area contributed by atoms with Crippen LogP contribution in [0.25, 0.3) is 0 Å². The number of carboxylic acid groups (broad SMARTS) is 3. The Morgan fingerprint density at radius 2 is 0.925 bits per heavy atom. The largest absolute Gasteiger partial charge is 0.481 e. The summed E-state index contributed by atoms with van der Waals surface area (Å²) in [4.78, 5) is 73.9. The van der Waals surface area contributed by atoms with E-state index in [9.17, 15) is 39.0 Å². The van der Waals surface area contributed by atoms with Crippen molar-refractivity contribution in [1.29, 1.82) is 0 Å². The number of hydrogen-bond donors (Lipinski definition) is 3. The van der Waals surface area contributed by atoms with Crippen LogP contribution in [0.2, 0.25) is 0 Å². The van der Waals surface area contributed by atoms with Gasteiger partial charge in [0.2, 0.25) is 0 Å². The summed E-state index contributed by atoms with van der Waals surface area (Å²) in [6, 6.07) is 0. The van der Waals surface area contributed by atoms with Gasteiger partial charge < -0.3 is 20.2 Å². The van der Waals surface area contributed by atoms with Crippen LogP contribution >= 0.6 is 0 Å². The zero-order valence-corrected chi connectivity index (χ0v) is 23.7. The molecule has 3 N–H and O–H groups in total. The van der Waals surface area contributed by atoms with E-state index < -0.39 is 41.1 Å². The van der Waals surface area contributed by atoms with E-state index >= 15 is 0 Å². The molecule has 1 aliphatic rings. The van der Waals surface area contributed by atoms with Gasteiger partial charge in [0.25, 0.3) is 11.8 Å². The second-order valence-corrected chi connectivity index (χ2v) is 10.8. The smallest absolute Gasteiger partial charge is 0.333 e. The van der Waals surface area contributed by atoms with Crippen LogP contribution in [-0.2, 0) is 33.6 Å². The Bertz CT molecular complexity index is 811. The van der Waals surface area contributed by atoms with Crippen LogP contribution in [0.4, 0.5) is 0 Å². The Labute approximate surface area is 236 Å². The lowest BCUT2D eigenvalue weighted by Gasteiger charge is -2.25. The molecule has 0 spiro atoms. The number of rotatable bonds is 25. The third-order valence-electron chi connectivity index (χ3n) is 7.50. The summed E-state index contributed by atoms with van der Waals surface area (Å²) < 4.78 is 0. The molecule has 0 unspecified atom stereocenters. The second kappa shape index (κ2) is 20.0. The maximum Gasteiger partial charge on any atom is 0.333 e. The fourth-order valence-electron chi connectivity index (χ4n) is 4.97. The van der Waals surface area contributed by atoms with Crippen molar-refractivity contribution < 1.29 is 48.9 Å². The van der Waals surface area contributed by atoms with Gasteiger partial charge in [-0.2, -0.15) is 0 Å². The molecule has 1 saturated heterocycles. The van der Waals surface area contributed by atoms with Gasteiger partial charge >= 0.3 is 23.9 Å². The summed E-state index contributed by atoms with van der Waals surface area (Å²) in [7, 11) is 0. The Balaban J connectivity index is 2.13. The van der Waals surface area contributed by atoms with Crippen molar-refractivity contribution in [3.63, 3.8) is 0 Å². The summed E-state index contributed by atoms with van der Waals surface area (Å²) in [5.74, 6) is -4.88. The molecule has 0 atom stereocenters. The number of aliphatic carboxylic acids is 3. The predicted octanol–water partition coefficient (Wildman–Crippen LogP) is 5.64. The van der Waals surface area contributed by atoms with E-state index in [1.807, 2.05) is 0 Å². The lowest BCUT2D eigenvalue weighted by Crippen LogP contribution is -2.39. The van der Waals surface area contributed by atoms with Crippen LogP contribution in [0.15, 0.2) is 0 Å². The lowest BCUT2D eigenvalue weighted by molar-refractivity contribution is -0.197. The molecule has 1 rings (SSSR count). The molecular weight excluding hydrogens is 522 g/mol. The fraction of sp³-hybridized carbons (Fsp3) is 0.793. The van der Waals surface area contributed by atoms with Crippen molar-refractivity contribution in [2.24, 2.45) is 5.41 Å². The average Bonchev–Trinajstić information content (AvgIpc) is 3.21. The monoisotopic (exact) mass is 569 g/mol. The number of amides is 2. The number of imide groups is 1. The summed E-state index contributed by atoms with van der Waals surface area (Å²) in [6.45, 7) is 0. The molecule has 1 heterocycles. The topological polar surface area (TPSA) is 176 Å². The molecule has 2 amide bonds. The molecule has 0 aromatic carbocycles. The van der Waals surface area contributed by atoms with Crippen molar-refractivity contribution in [2.75, 3.05) is 0 Å². The molecule has 0 radical (unpaired) electrons. The van der Waals surface area contributed by atoms with E-state index in [-0.39, 0.29) is 38.5 Å². The SMILES string of the molecule is O=C(O)CCCCCCCCCCC(CCCCCCCCCCC(=O)ON1C(=O)CCC1=O)(C(=O)O)C(=O)O. The third-order valence-corrected chi connectivity index (χ3v) is 7.50. The van der Waals surface area contributed by atoms with E-state index in [0.29, 0.717) is 30.7 Å². The maximum atomic E-state index is 11.9. The molecule has 0 aromatic heterocycles. The Morgan fingerprint density at radius 3 is 1.30 bits per heavy atom. The second-order valence-electron chi connectivity index (χ2n) is 10.8. The van der Waals surface area contributed by atoms with Crippen LogP contribution < -0.4 is 0 Å². The van der Waals surface area contributed by atoms with E-state index in [0.717, 1.165) is 77.0 Å². The van der Waals surface area contributed by atoms with Gasteiger partial charge in [0.1, 0.15) is 0 Å². The highest BCUT2D eigenvalue weighted by Gasteiger charge is 2.45. The zero-order chi connectivity index (χ0) is 29.8. The first-order valence-electron chi connectivity index (χ1n) is 14.9. The number of nitrogens with zero attached hydrogens (tertiary/aromatic N) is 1.